The van der Waals surface area contributed by atoms with Gasteiger partial charge in [0.05, 0.1) is 11.5 Å². The quantitative estimate of drug-likeness (QED) is 0.511. The molecule has 0 spiro atoms. The fourth-order valence-electron chi connectivity index (χ4n) is 3.12. The average Bonchev–Trinajstić information content (AvgIpc) is 2.48. The molecule has 4 heteroatoms. The summed E-state index contributed by atoms with van der Waals surface area (Å²) < 4.78 is 6.83. The lowest BCUT2D eigenvalue weighted by molar-refractivity contribution is 0.0939. The van der Waals surface area contributed by atoms with Gasteiger partial charge in [0.1, 0.15) is 13.8 Å². The van der Waals surface area contributed by atoms with E-state index in [4.69, 9.17) is 4.43 Å². The van der Waals surface area contributed by atoms with E-state index in [9.17, 15) is 5.11 Å². The molecule has 0 aromatic carbocycles. The minimum Gasteiger partial charge on any atom is -0.508 e. The Balaban J connectivity index is 3.29. The van der Waals surface area contributed by atoms with Crippen LogP contribution in [0.1, 0.15) is 34.6 Å². The minimum atomic E-state index is -1.76. The van der Waals surface area contributed by atoms with Crippen molar-refractivity contribution in [3.05, 3.63) is 23.5 Å². The second-order valence-electron chi connectivity index (χ2n) is 7.88. The Bertz CT molecular complexity index is 534. The van der Waals surface area contributed by atoms with Crippen LogP contribution >= 0.6 is 0 Å². The van der Waals surface area contributed by atoms with Crippen molar-refractivity contribution in [2.45, 2.75) is 78.0 Å². The number of aliphatic hydroxyl groups is 1. The Morgan fingerprint density at radius 2 is 1.70 bits per heavy atom. The molecule has 0 bridgehead atoms. The van der Waals surface area contributed by atoms with Crippen molar-refractivity contribution in [1.29, 1.82) is 0 Å². The van der Waals surface area contributed by atoms with Crippen molar-refractivity contribution >= 4 is 16.4 Å². The van der Waals surface area contributed by atoms with Crippen LogP contribution in [-0.2, 0) is 4.43 Å². The smallest absolute Gasteiger partial charge is 0.193 e. The highest BCUT2D eigenvalue weighted by molar-refractivity contribution is 6.83. The summed E-state index contributed by atoms with van der Waals surface area (Å²) in [7, 11) is -3.23. The third-order valence-corrected chi connectivity index (χ3v) is 10.6. The summed E-state index contributed by atoms with van der Waals surface area (Å²) in [6.07, 6.45) is 3.82. The van der Waals surface area contributed by atoms with E-state index in [0.717, 1.165) is 23.7 Å². The van der Waals surface area contributed by atoms with Gasteiger partial charge in [0.2, 0.25) is 0 Å². The van der Waals surface area contributed by atoms with Gasteiger partial charge in [0.15, 0.2) is 8.32 Å². The molecule has 0 unspecified atom stereocenters. The first-order valence-electron chi connectivity index (χ1n) is 8.84. The second kappa shape index (κ2) is 7.42. The molecule has 0 aromatic heterocycles. The third kappa shape index (κ3) is 4.85. The Morgan fingerprint density at radius 3 is 2.13 bits per heavy atom. The molecule has 2 nitrogen and oxygen atoms in total. The van der Waals surface area contributed by atoms with Crippen LogP contribution in [0.3, 0.4) is 0 Å². The standard InChI is InChI=1S/C19H34O2Si2/c1-9-23(10-2,11-3)21-19(5)14-12-18(20)16(4)17(19)13-15-22(6,7)8/h12,14,17,20H,9-11H2,1-8H3/t17-,19+/m1/s1. The molecule has 0 aliphatic heterocycles. The number of hydrogen-bond acceptors (Lipinski definition) is 2. The van der Waals surface area contributed by atoms with E-state index in [-0.39, 0.29) is 5.92 Å². The van der Waals surface area contributed by atoms with Crippen LogP contribution in [0.25, 0.3) is 0 Å². The Kier molecular flexibility index (Phi) is 6.54. The van der Waals surface area contributed by atoms with Crippen molar-refractivity contribution in [1.82, 2.24) is 0 Å². The molecule has 1 N–H and O–H groups in total. The van der Waals surface area contributed by atoms with Crippen LogP contribution in [0.15, 0.2) is 23.5 Å². The van der Waals surface area contributed by atoms with E-state index in [1.165, 1.54) is 0 Å². The molecule has 0 aromatic rings. The lowest BCUT2D eigenvalue weighted by atomic mass is 9.80. The third-order valence-electron chi connectivity index (χ3n) is 4.94. The summed E-state index contributed by atoms with van der Waals surface area (Å²) in [6.45, 7) is 17.6. The molecule has 0 saturated heterocycles. The van der Waals surface area contributed by atoms with Gasteiger partial charge >= 0.3 is 0 Å². The van der Waals surface area contributed by atoms with Crippen LogP contribution in [-0.4, -0.2) is 27.1 Å². The van der Waals surface area contributed by atoms with Crippen LogP contribution in [0.5, 0.6) is 0 Å². The van der Waals surface area contributed by atoms with Crippen LogP contribution in [0.2, 0.25) is 37.8 Å². The Labute approximate surface area is 145 Å². The number of allylic oxidation sites excluding steroid dienone is 1. The largest absolute Gasteiger partial charge is 0.508 e. The van der Waals surface area contributed by atoms with E-state index in [0.29, 0.717) is 5.76 Å². The zero-order chi connectivity index (χ0) is 17.9. The number of aliphatic hydroxyl groups excluding tert-OH is 1. The molecule has 130 valence electrons. The maximum atomic E-state index is 10.2. The molecule has 0 radical (unpaired) electrons. The molecule has 0 heterocycles. The van der Waals surface area contributed by atoms with Gasteiger partial charge in [0, 0.05) is 0 Å². The normalized spacial score (nSPS) is 25.3. The molecule has 0 amide bonds. The highest BCUT2D eigenvalue weighted by atomic mass is 28.4. The van der Waals surface area contributed by atoms with E-state index in [1.54, 1.807) is 6.08 Å². The molecule has 2 atom stereocenters. The van der Waals surface area contributed by atoms with Crippen LogP contribution < -0.4 is 0 Å². The van der Waals surface area contributed by atoms with Crippen molar-refractivity contribution < 1.29 is 9.53 Å². The molecule has 0 fully saturated rings. The van der Waals surface area contributed by atoms with E-state index >= 15 is 0 Å². The molecule has 1 rings (SSSR count). The van der Waals surface area contributed by atoms with Gasteiger partial charge in [-0.25, -0.2) is 0 Å². The van der Waals surface area contributed by atoms with E-state index in [2.05, 4.69) is 58.8 Å². The Hall–Kier alpha value is -0.766. The maximum Gasteiger partial charge on any atom is 0.193 e. The SMILES string of the molecule is CC[Si](CC)(CC)O[C@@]1(C)C=CC(O)=C(C)[C@H]1C#C[Si](C)(C)C. The lowest BCUT2D eigenvalue weighted by Gasteiger charge is -2.43. The molecule has 0 saturated carbocycles. The van der Waals surface area contributed by atoms with Crippen LogP contribution in [0, 0.1) is 17.4 Å². The van der Waals surface area contributed by atoms with Gasteiger partial charge in [-0.1, -0.05) is 46.3 Å². The summed E-state index contributed by atoms with van der Waals surface area (Å²) in [4.78, 5) is 0. The summed E-state index contributed by atoms with van der Waals surface area (Å²) in [5.74, 6) is 3.75. The molecule has 1 aliphatic carbocycles. The van der Waals surface area contributed by atoms with Crippen molar-refractivity contribution in [2.24, 2.45) is 5.92 Å². The predicted molar refractivity (Wildman–Crippen MR) is 106 cm³/mol. The van der Waals surface area contributed by atoms with Gasteiger partial charge in [-0.2, -0.15) is 0 Å². The van der Waals surface area contributed by atoms with Crippen molar-refractivity contribution in [3.63, 3.8) is 0 Å². The van der Waals surface area contributed by atoms with Gasteiger partial charge < -0.3 is 9.53 Å². The fraction of sp³-hybridized carbons (Fsp3) is 0.684. The van der Waals surface area contributed by atoms with Crippen molar-refractivity contribution in [3.8, 4) is 11.5 Å². The number of hydrogen-bond donors (Lipinski definition) is 1. The highest BCUT2D eigenvalue weighted by Crippen LogP contribution is 2.39. The minimum absolute atomic E-state index is 0.0595. The number of rotatable bonds is 5. The molecular formula is C19H34O2Si2. The summed E-state index contributed by atoms with van der Waals surface area (Å²) in [5, 5.41) is 10.2. The molecule has 23 heavy (non-hydrogen) atoms. The molecule has 1 aliphatic rings. The van der Waals surface area contributed by atoms with Crippen molar-refractivity contribution in [2.75, 3.05) is 0 Å². The van der Waals surface area contributed by atoms with Gasteiger partial charge in [-0.05, 0) is 49.7 Å². The summed E-state index contributed by atoms with van der Waals surface area (Å²) in [5.41, 5.74) is 3.99. The van der Waals surface area contributed by atoms with Gasteiger partial charge in [0.25, 0.3) is 0 Å². The fourth-order valence-corrected chi connectivity index (χ4v) is 6.75. The average molecular weight is 351 g/mol. The highest BCUT2D eigenvalue weighted by Gasteiger charge is 2.43. The van der Waals surface area contributed by atoms with Gasteiger partial charge in [-0.3, -0.25) is 0 Å². The first-order chi connectivity index (χ1) is 10.5. The van der Waals surface area contributed by atoms with Crippen LogP contribution in [0.4, 0.5) is 0 Å². The second-order valence-corrected chi connectivity index (χ2v) is 17.3. The predicted octanol–water partition coefficient (Wildman–Crippen LogP) is 5.67. The Morgan fingerprint density at radius 1 is 1.17 bits per heavy atom. The van der Waals surface area contributed by atoms with Gasteiger partial charge in [-0.15, -0.1) is 5.54 Å². The summed E-state index contributed by atoms with van der Waals surface area (Å²) in [6, 6.07) is 3.35. The monoisotopic (exact) mass is 350 g/mol. The summed E-state index contributed by atoms with van der Waals surface area (Å²) >= 11 is 0. The first-order valence-corrected chi connectivity index (χ1v) is 14.9. The zero-order valence-corrected chi connectivity index (χ0v) is 18.2. The topological polar surface area (TPSA) is 29.5 Å². The van der Waals surface area contributed by atoms with E-state index in [1.807, 2.05) is 13.0 Å². The maximum absolute atomic E-state index is 10.2. The van der Waals surface area contributed by atoms with E-state index < -0.39 is 22.0 Å². The molecular weight excluding hydrogens is 316 g/mol. The first kappa shape index (κ1) is 20.3. The lowest BCUT2D eigenvalue weighted by Crippen LogP contribution is -2.49. The zero-order valence-electron chi connectivity index (χ0n) is 16.2.